The second-order valence-electron chi connectivity index (χ2n) is 6.61. The summed E-state index contributed by atoms with van der Waals surface area (Å²) >= 11 is 5.96. The molecule has 0 radical (unpaired) electrons. The Morgan fingerprint density at radius 2 is 1.61 bits per heavy atom. The molecule has 0 unspecified atom stereocenters. The Hall–Kier alpha value is -2.76. The Labute approximate surface area is 167 Å². The van der Waals surface area contributed by atoms with Crippen molar-refractivity contribution >= 4 is 23.4 Å². The molecule has 2 atom stereocenters. The Kier molecular flexibility index (Phi) is 5.77. The van der Waals surface area contributed by atoms with Crippen molar-refractivity contribution in [2.75, 3.05) is 6.54 Å². The van der Waals surface area contributed by atoms with Gasteiger partial charge in [0.15, 0.2) is 0 Å². The molecular formula is C22H19ClFNO3. The molecule has 28 heavy (non-hydrogen) atoms. The van der Waals surface area contributed by atoms with E-state index in [1.165, 1.54) is 18.2 Å². The number of imide groups is 1. The molecule has 2 amide bonds. The first kappa shape index (κ1) is 20.0. The van der Waals surface area contributed by atoms with Crippen LogP contribution in [0.4, 0.5) is 4.39 Å². The van der Waals surface area contributed by atoms with Gasteiger partial charge < -0.3 is 5.11 Å². The van der Waals surface area contributed by atoms with Gasteiger partial charge >= 0.3 is 0 Å². The predicted molar refractivity (Wildman–Crippen MR) is 105 cm³/mol. The first-order valence-corrected chi connectivity index (χ1v) is 9.09. The highest BCUT2D eigenvalue weighted by molar-refractivity contribution is 6.30. The van der Waals surface area contributed by atoms with Gasteiger partial charge in [0.2, 0.25) is 0 Å². The number of aliphatic hydroxyl groups excluding tert-OH is 1. The van der Waals surface area contributed by atoms with E-state index in [1.54, 1.807) is 43.3 Å². The highest BCUT2D eigenvalue weighted by Gasteiger charge is 2.37. The number of benzene rings is 2. The molecule has 1 N–H and O–H groups in total. The molecule has 0 spiro atoms. The summed E-state index contributed by atoms with van der Waals surface area (Å²) in [5, 5.41) is 11.5. The summed E-state index contributed by atoms with van der Waals surface area (Å²) in [5.41, 5.74) is 1.93. The van der Waals surface area contributed by atoms with E-state index < -0.39 is 29.7 Å². The molecule has 2 aromatic rings. The Morgan fingerprint density at radius 1 is 1.07 bits per heavy atom. The van der Waals surface area contributed by atoms with Crippen LogP contribution in [0.2, 0.25) is 5.02 Å². The van der Waals surface area contributed by atoms with Crippen LogP contribution in [0, 0.1) is 5.82 Å². The molecule has 0 fully saturated rings. The fraction of sp³-hybridized carbons (Fsp3) is 0.182. The lowest BCUT2D eigenvalue weighted by atomic mass is 9.86. The van der Waals surface area contributed by atoms with Crippen LogP contribution in [0.1, 0.15) is 24.0 Å². The molecule has 144 valence electrons. The largest absolute Gasteiger partial charge is 0.390 e. The summed E-state index contributed by atoms with van der Waals surface area (Å²) in [6, 6.07) is 12.6. The van der Waals surface area contributed by atoms with Crippen molar-refractivity contribution in [2.24, 2.45) is 0 Å². The summed E-state index contributed by atoms with van der Waals surface area (Å²) in [5.74, 6) is -1.90. The van der Waals surface area contributed by atoms with Crippen molar-refractivity contribution in [3.63, 3.8) is 0 Å². The molecule has 1 aliphatic heterocycles. The molecule has 0 aromatic heterocycles. The number of rotatable bonds is 6. The minimum Gasteiger partial charge on any atom is -0.390 e. The predicted octanol–water partition coefficient (Wildman–Crippen LogP) is 3.84. The zero-order valence-corrected chi connectivity index (χ0v) is 16.0. The third kappa shape index (κ3) is 3.77. The zero-order valence-electron chi connectivity index (χ0n) is 15.2. The molecule has 0 saturated heterocycles. The van der Waals surface area contributed by atoms with E-state index in [1.807, 2.05) is 0 Å². The van der Waals surface area contributed by atoms with Crippen molar-refractivity contribution in [1.29, 1.82) is 0 Å². The van der Waals surface area contributed by atoms with E-state index in [4.69, 9.17) is 11.6 Å². The van der Waals surface area contributed by atoms with Gasteiger partial charge in [-0.3, -0.25) is 14.5 Å². The van der Waals surface area contributed by atoms with Gasteiger partial charge in [-0.05, 0) is 42.3 Å². The third-order valence-corrected chi connectivity index (χ3v) is 5.11. The van der Waals surface area contributed by atoms with Gasteiger partial charge in [-0.15, -0.1) is 0 Å². The van der Waals surface area contributed by atoms with E-state index in [9.17, 15) is 19.1 Å². The van der Waals surface area contributed by atoms with Crippen molar-refractivity contribution in [2.45, 2.75) is 18.9 Å². The summed E-state index contributed by atoms with van der Waals surface area (Å²) < 4.78 is 13.4. The summed E-state index contributed by atoms with van der Waals surface area (Å²) in [7, 11) is 0. The normalized spacial score (nSPS) is 16.5. The monoisotopic (exact) mass is 399 g/mol. The van der Waals surface area contributed by atoms with Crippen LogP contribution in [0.25, 0.3) is 0 Å². The van der Waals surface area contributed by atoms with Crippen molar-refractivity contribution in [3.8, 4) is 0 Å². The Bertz CT molecular complexity index is 905. The van der Waals surface area contributed by atoms with Crippen molar-refractivity contribution < 1.29 is 19.1 Å². The molecule has 3 rings (SSSR count). The minimum atomic E-state index is -1.10. The molecule has 4 nitrogen and oxygen atoms in total. The average Bonchev–Trinajstić information content (AvgIpc) is 2.88. The first-order chi connectivity index (χ1) is 13.3. The standard InChI is InChI=1S/C22H19ClFNO3/c1-3-18-13(2)21(27)25(22(18)28)12-19(26)20(14-4-8-16(23)9-5-14)15-6-10-17(24)11-7-15/h3-11,19-20,26H,1,12H2,2H3/t19-,20+/m0/s1. The number of nitrogens with zero attached hydrogens (tertiary/aromatic N) is 1. The van der Waals surface area contributed by atoms with Crippen LogP contribution >= 0.6 is 11.6 Å². The molecule has 0 saturated carbocycles. The number of carbonyl (C=O) groups is 2. The molecule has 1 aliphatic rings. The Balaban J connectivity index is 1.93. The smallest absolute Gasteiger partial charge is 0.261 e. The fourth-order valence-electron chi connectivity index (χ4n) is 3.39. The van der Waals surface area contributed by atoms with Crippen molar-refractivity contribution in [3.05, 3.63) is 94.3 Å². The van der Waals surface area contributed by atoms with Crippen LogP contribution in [0.3, 0.4) is 0 Å². The lowest BCUT2D eigenvalue weighted by Crippen LogP contribution is -2.40. The maximum Gasteiger partial charge on any atom is 0.261 e. The quantitative estimate of drug-likeness (QED) is 0.751. The summed E-state index contributed by atoms with van der Waals surface area (Å²) in [6.07, 6.45) is 0.245. The van der Waals surface area contributed by atoms with Crippen LogP contribution in [0.5, 0.6) is 0 Å². The van der Waals surface area contributed by atoms with Gasteiger partial charge in [0, 0.05) is 22.1 Å². The van der Waals surface area contributed by atoms with Crippen LogP contribution in [0.15, 0.2) is 72.3 Å². The molecule has 2 aromatic carbocycles. The number of β-amino-alcohol motifs (C(OH)–C–C–N with tert-alkyl or cyclic N) is 1. The first-order valence-electron chi connectivity index (χ1n) is 8.72. The summed E-state index contributed by atoms with van der Waals surface area (Å²) in [4.78, 5) is 25.9. The van der Waals surface area contributed by atoms with Gasteiger partial charge in [0.25, 0.3) is 11.8 Å². The van der Waals surface area contributed by atoms with E-state index in [0.717, 1.165) is 10.5 Å². The fourth-order valence-corrected chi connectivity index (χ4v) is 3.52. The number of hydrogen-bond acceptors (Lipinski definition) is 3. The van der Waals surface area contributed by atoms with E-state index >= 15 is 0 Å². The van der Waals surface area contributed by atoms with Crippen LogP contribution in [-0.2, 0) is 9.59 Å². The van der Waals surface area contributed by atoms with Gasteiger partial charge in [-0.2, -0.15) is 0 Å². The van der Waals surface area contributed by atoms with Gasteiger partial charge in [0.1, 0.15) is 5.82 Å². The molecule has 0 bridgehead atoms. The van der Waals surface area contributed by atoms with E-state index in [2.05, 4.69) is 6.58 Å². The van der Waals surface area contributed by atoms with Gasteiger partial charge in [-0.1, -0.05) is 48.5 Å². The van der Waals surface area contributed by atoms with Crippen LogP contribution in [-0.4, -0.2) is 34.5 Å². The number of carbonyl (C=O) groups excluding carboxylic acids is 2. The van der Waals surface area contributed by atoms with Crippen molar-refractivity contribution in [1.82, 2.24) is 4.90 Å². The maximum absolute atomic E-state index is 13.4. The SMILES string of the molecule is C=CC1=C(C)C(=O)N(C[C@H](O)[C@@H](c2ccc(F)cc2)c2ccc(Cl)cc2)C1=O. The number of aliphatic hydroxyl groups is 1. The minimum absolute atomic E-state index is 0.197. The third-order valence-electron chi connectivity index (χ3n) is 4.86. The lowest BCUT2D eigenvalue weighted by molar-refractivity contribution is -0.139. The second-order valence-corrected chi connectivity index (χ2v) is 7.05. The van der Waals surface area contributed by atoms with E-state index in [-0.39, 0.29) is 12.1 Å². The molecule has 1 heterocycles. The maximum atomic E-state index is 13.4. The molecule has 6 heteroatoms. The number of hydrogen-bond donors (Lipinski definition) is 1. The molecular weight excluding hydrogens is 381 g/mol. The zero-order chi connectivity index (χ0) is 20.4. The topological polar surface area (TPSA) is 57.6 Å². The average molecular weight is 400 g/mol. The van der Waals surface area contributed by atoms with Gasteiger partial charge in [0.05, 0.1) is 12.6 Å². The summed E-state index contributed by atoms with van der Waals surface area (Å²) in [6.45, 7) is 4.93. The van der Waals surface area contributed by atoms with Gasteiger partial charge in [-0.25, -0.2) is 4.39 Å². The lowest BCUT2D eigenvalue weighted by Gasteiger charge is -2.27. The second kappa shape index (κ2) is 8.09. The van der Waals surface area contributed by atoms with Crippen LogP contribution < -0.4 is 0 Å². The van der Waals surface area contributed by atoms with E-state index in [0.29, 0.717) is 16.2 Å². The highest BCUT2D eigenvalue weighted by atomic mass is 35.5. The highest BCUT2D eigenvalue weighted by Crippen LogP contribution is 2.31. The number of amides is 2. The molecule has 0 aliphatic carbocycles. The number of halogens is 2. The Morgan fingerprint density at radius 3 is 2.11 bits per heavy atom.